The first-order valence-electron chi connectivity index (χ1n) is 5.35. The summed E-state index contributed by atoms with van der Waals surface area (Å²) in [5.41, 5.74) is -1.58. The number of rotatable bonds is 6. The first-order chi connectivity index (χ1) is 8.41. The number of hydrogen-bond acceptors (Lipinski definition) is 6. The zero-order valence-electron chi connectivity index (χ0n) is 9.93. The lowest BCUT2D eigenvalue weighted by molar-refractivity contribution is 0.0132. The molecule has 1 aromatic rings. The quantitative estimate of drug-likeness (QED) is 0.534. The van der Waals surface area contributed by atoms with Gasteiger partial charge in [-0.1, -0.05) is 11.6 Å². The van der Waals surface area contributed by atoms with Gasteiger partial charge in [0, 0.05) is 6.54 Å². The van der Waals surface area contributed by atoms with Gasteiger partial charge < -0.3 is 20.6 Å². The Morgan fingerprint density at radius 3 is 2.78 bits per heavy atom. The van der Waals surface area contributed by atoms with Crippen LogP contribution < -0.4 is 10.9 Å². The number of aliphatic hydroxyl groups is 3. The topological polar surface area (TPSA) is 108 Å². The van der Waals surface area contributed by atoms with Crippen LogP contribution in [-0.2, 0) is 6.54 Å². The van der Waals surface area contributed by atoms with Crippen LogP contribution in [-0.4, -0.2) is 50.5 Å². The van der Waals surface area contributed by atoms with Gasteiger partial charge in [0.25, 0.3) is 5.56 Å². The van der Waals surface area contributed by atoms with Crippen LogP contribution in [0.25, 0.3) is 0 Å². The van der Waals surface area contributed by atoms with Gasteiger partial charge in [0.1, 0.15) is 10.6 Å². The fourth-order valence-corrected chi connectivity index (χ4v) is 1.40. The van der Waals surface area contributed by atoms with Crippen molar-refractivity contribution in [2.24, 2.45) is 0 Å². The van der Waals surface area contributed by atoms with E-state index < -0.39 is 17.8 Å². The Bertz CT molecular complexity index is 461. The van der Waals surface area contributed by atoms with Crippen molar-refractivity contribution in [2.45, 2.75) is 19.1 Å². The maximum atomic E-state index is 11.7. The van der Waals surface area contributed by atoms with Crippen molar-refractivity contribution in [1.82, 2.24) is 9.78 Å². The van der Waals surface area contributed by atoms with Gasteiger partial charge in [-0.15, -0.1) is 0 Å². The number of anilines is 1. The average Bonchev–Trinajstić information content (AvgIpc) is 2.34. The van der Waals surface area contributed by atoms with Crippen LogP contribution >= 0.6 is 11.6 Å². The van der Waals surface area contributed by atoms with Crippen LogP contribution in [0.15, 0.2) is 11.0 Å². The van der Waals surface area contributed by atoms with Crippen molar-refractivity contribution < 1.29 is 15.3 Å². The normalized spacial score (nSPS) is 14.3. The number of aliphatic hydroxyl groups excluding tert-OH is 2. The van der Waals surface area contributed by atoms with Crippen molar-refractivity contribution in [3.63, 3.8) is 0 Å². The first-order valence-corrected chi connectivity index (χ1v) is 5.72. The monoisotopic (exact) mass is 277 g/mol. The molecule has 0 saturated heterocycles. The summed E-state index contributed by atoms with van der Waals surface area (Å²) in [5, 5.41) is 33.7. The molecule has 1 heterocycles. The van der Waals surface area contributed by atoms with E-state index in [2.05, 4.69) is 10.4 Å². The summed E-state index contributed by atoms with van der Waals surface area (Å²) in [6, 6.07) is 0. The molecule has 1 unspecified atom stereocenters. The van der Waals surface area contributed by atoms with E-state index in [0.29, 0.717) is 0 Å². The zero-order valence-corrected chi connectivity index (χ0v) is 10.7. The number of nitrogens with zero attached hydrogens (tertiary/aromatic N) is 2. The van der Waals surface area contributed by atoms with Crippen molar-refractivity contribution in [3.8, 4) is 0 Å². The van der Waals surface area contributed by atoms with E-state index >= 15 is 0 Å². The minimum atomic E-state index is -1.32. The van der Waals surface area contributed by atoms with E-state index in [1.807, 2.05) is 0 Å². The smallest absolute Gasteiger partial charge is 0.287 e. The van der Waals surface area contributed by atoms with Crippen molar-refractivity contribution in [1.29, 1.82) is 0 Å². The summed E-state index contributed by atoms with van der Waals surface area (Å²) in [5.74, 6) is 0. The standard InChI is InChI=1S/C10H16ClN3O4/c1-10(18,6-16)5-12-7-4-13-14(2-3-15)9(17)8(7)11/h4,12,15-16,18H,2-3,5-6H2,1H3. The Kier molecular flexibility index (Phi) is 5.09. The number of nitrogens with one attached hydrogen (secondary N) is 1. The maximum Gasteiger partial charge on any atom is 0.287 e. The molecule has 0 aliphatic rings. The largest absolute Gasteiger partial charge is 0.394 e. The molecule has 0 aliphatic carbocycles. The number of halogens is 1. The Morgan fingerprint density at radius 1 is 1.56 bits per heavy atom. The Balaban J connectivity index is 2.86. The van der Waals surface area contributed by atoms with Gasteiger partial charge in [-0.2, -0.15) is 5.10 Å². The highest BCUT2D eigenvalue weighted by Crippen LogP contribution is 2.16. The van der Waals surface area contributed by atoms with Crippen LogP contribution in [0.5, 0.6) is 0 Å². The summed E-state index contributed by atoms with van der Waals surface area (Å²) in [6.07, 6.45) is 1.33. The molecule has 1 rings (SSSR count). The molecule has 0 radical (unpaired) electrons. The highest BCUT2D eigenvalue weighted by molar-refractivity contribution is 6.32. The molecule has 0 fully saturated rings. The Labute approximate surface area is 109 Å². The summed E-state index contributed by atoms with van der Waals surface area (Å²) >= 11 is 5.84. The fourth-order valence-electron chi connectivity index (χ4n) is 1.18. The highest BCUT2D eigenvalue weighted by Gasteiger charge is 2.19. The second-order valence-electron chi connectivity index (χ2n) is 4.13. The third-order valence-corrected chi connectivity index (χ3v) is 2.66. The van der Waals surface area contributed by atoms with Crippen molar-refractivity contribution in [2.75, 3.05) is 25.1 Å². The van der Waals surface area contributed by atoms with Gasteiger partial charge in [-0.25, -0.2) is 4.68 Å². The molecular formula is C10H16ClN3O4. The van der Waals surface area contributed by atoms with E-state index in [9.17, 15) is 9.90 Å². The van der Waals surface area contributed by atoms with Crippen LogP contribution in [0.4, 0.5) is 5.69 Å². The van der Waals surface area contributed by atoms with Crippen LogP contribution in [0, 0.1) is 0 Å². The maximum absolute atomic E-state index is 11.7. The van der Waals surface area contributed by atoms with E-state index in [1.165, 1.54) is 13.1 Å². The van der Waals surface area contributed by atoms with E-state index in [4.69, 9.17) is 21.8 Å². The molecule has 8 heteroatoms. The first kappa shape index (κ1) is 14.9. The number of aromatic nitrogens is 2. The molecule has 0 amide bonds. The Morgan fingerprint density at radius 2 is 2.22 bits per heavy atom. The minimum Gasteiger partial charge on any atom is -0.394 e. The minimum absolute atomic E-state index is 0.0222. The van der Waals surface area contributed by atoms with Gasteiger partial charge >= 0.3 is 0 Å². The molecule has 0 aliphatic heterocycles. The molecule has 4 N–H and O–H groups in total. The molecule has 0 bridgehead atoms. The van der Waals surface area contributed by atoms with Crippen molar-refractivity contribution in [3.05, 3.63) is 21.6 Å². The number of hydrogen-bond donors (Lipinski definition) is 4. The van der Waals surface area contributed by atoms with Crippen LogP contribution in [0.3, 0.4) is 0 Å². The predicted octanol–water partition coefficient (Wildman–Crippen LogP) is -0.956. The fraction of sp³-hybridized carbons (Fsp3) is 0.600. The second-order valence-corrected chi connectivity index (χ2v) is 4.51. The molecule has 0 aromatic carbocycles. The van der Waals surface area contributed by atoms with Gasteiger partial charge in [0.15, 0.2) is 0 Å². The van der Waals surface area contributed by atoms with Crippen molar-refractivity contribution >= 4 is 17.3 Å². The van der Waals surface area contributed by atoms with Gasteiger partial charge in [0.05, 0.1) is 31.6 Å². The highest BCUT2D eigenvalue weighted by atomic mass is 35.5. The van der Waals surface area contributed by atoms with Crippen LogP contribution in [0.2, 0.25) is 5.02 Å². The van der Waals surface area contributed by atoms with Gasteiger partial charge in [-0.05, 0) is 6.92 Å². The van der Waals surface area contributed by atoms with E-state index in [1.54, 1.807) is 0 Å². The molecular weight excluding hydrogens is 262 g/mol. The molecule has 18 heavy (non-hydrogen) atoms. The predicted molar refractivity (Wildman–Crippen MR) is 66.8 cm³/mol. The summed E-state index contributed by atoms with van der Waals surface area (Å²) in [6.45, 7) is 0.887. The summed E-state index contributed by atoms with van der Waals surface area (Å²) < 4.78 is 1.04. The molecule has 1 atom stereocenters. The van der Waals surface area contributed by atoms with Crippen LogP contribution in [0.1, 0.15) is 6.92 Å². The third-order valence-electron chi connectivity index (χ3n) is 2.30. The van der Waals surface area contributed by atoms with E-state index in [0.717, 1.165) is 4.68 Å². The molecule has 0 saturated carbocycles. The lowest BCUT2D eigenvalue weighted by Gasteiger charge is -2.21. The molecule has 1 aromatic heterocycles. The summed E-state index contributed by atoms with van der Waals surface area (Å²) in [4.78, 5) is 11.7. The Hall–Kier alpha value is -1.15. The second kappa shape index (κ2) is 6.14. The summed E-state index contributed by atoms with van der Waals surface area (Å²) in [7, 11) is 0. The molecule has 102 valence electrons. The van der Waals surface area contributed by atoms with Gasteiger partial charge in [0.2, 0.25) is 0 Å². The van der Waals surface area contributed by atoms with E-state index in [-0.39, 0.29) is 30.4 Å². The van der Waals surface area contributed by atoms with Gasteiger partial charge in [-0.3, -0.25) is 4.79 Å². The molecule has 0 spiro atoms. The molecule has 7 nitrogen and oxygen atoms in total. The zero-order chi connectivity index (χ0) is 13.8. The SMILES string of the molecule is CC(O)(CO)CNc1cnn(CCO)c(=O)c1Cl. The third kappa shape index (κ3) is 3.67. The lowest BCUT2D eigenvalue weighted by atomic mass is 10.1. The average molecular weight is 278 g/mol. The lowest BCUT2D eigenvalue weighted by Crippen LogP contribution is -2.37.